The van der Waals surface area contributed by atoms with Crippen molar-refractivity contribution < 1.29 is 9.47 Å². The van der Waals surface area contributed by atoms with Gasteiger partial charge >= 0.3 is 0 Å². The van der Waals surface area contributed by atoms with Gasteiger partial charge < -0.3 is 15.2 Å². The Morgan fingerprint density at radius 2 is 2.20 bits per heavy atom. The number of nitrogens with zero attached hydrogens (tertiary/aromatic N) is 1. The third kappa shape index (κ3) is 3.64. The molecule has 2 N–H and O–H groups in total. The van der Waals surface area contributed by atoms with Crippen molar-refractivity contribution in [2.24, 2.45) is 11.1 Å². The maximum atomic E-state index is 8.85. The van der Waals surface area contributed by atoms with E-state index in [2.05, 4.69) is 6.07 Å². The molecule has 1 fully saturated rings. The number of ether oxygens (including phenoxy) is 2. The third-order valence-corrected chi connectivity index (χ3v) is 3.76. The van der Waals surface area contributed by atoms with Crippen molar-refractivity contribution in [3.63, 3.8) is 0 Å². The molecular formula is C16H22N2O2. The monoisotopic (exact) mass is 274 g/mol. The Morgan fingerprint density at radius 3 is 2.75 bits per heavy atom. The summed E-state index contributed by atoms with van der Waals surface area (Å²) in [4.78, 5) is 0. The summed E-state index contributed by atoms with van der Waals surface area (Å²) in [5.41, 5.74) is 7.04. The first kappa shape index (κ1) is 14.7. The molecule has 1 atom stereocenters. The van der Waals surface area contributed by atoms with Crippen molar-refractivity contribution in [2.45, 2.75) is 38.6 Å². The zero-order valence-corrected chi connectivity index (χ0v) is 12.2. The molecule has 0 spiro atoms. The molecule has 0 amide bonds. The van der Waals surface area contributed by atoms with Crippen LogP contribution in [-0.2, 0) is 6.42 Å². The summed E-state index contributed by atoms with van der Waals surface area (Å²) in [6, 6.07) is 8.16. The summed E-state index contributed by atoms with van der Waals surface area (Å²) in [5.74, 6) is 1.60. The van der Waals surface area contributed by atoms with Crippen LogP contribution >= 0.6 is 0 Å². The van der Waals surface area contributed by atoms with Gasteiger partial charge in [0.1, 0.15) is 11.5 Å². The molecule has 1 unspecified atom stereocenters. The van der Waals surface area contributed by atoms with Crippen LogP contribution in [0.2, 0.25) is 0 Å². The van der Waals surface area contributed by atoms with Crippen LogP contribution in [0.15, 0.2) is 18.2 Å². The van der Waals surface area contributed by atoms with Gasteiger partial charge in [0.05, 0.1) is 19.8 Å². The van der Waals surface area contributed by atoms with E-state index in [0.29, 0.717) is 13.0 Å². The Bertz CT molecular complexity index is 502. The second-order valence-electron chi connectivity index (χ2n) is 5.78. The standard InChI is InChI=1S/C16H22N2O2/c1-12(18)9-13-3-4-14(19-2)10-15(13)20-11-16(5-6-16)7-8-17/h3-4,10,12H,5-7,9,11,18H2,1-2H3. The van der Waals surface area contributed by atoms with E-state index >= 15 is 0 Å². The Hall–Kier alpha value is -1.73. The van der Waals surface area contributed by atoms with Gasteiger partial charge in [-0.3, -0.25) is 0 Å². The fourth-order valence-corrected chi connectivity index (χ4v) is 2.26. The van der Waals surface area contributed by atoms with Crippen LogP contribution in [0.25, 0.3) is 0 Å². The average molecular weight is 274 g/mol. The number of rotatable bonds is 7. The third-order valence-electron chi connectivity index (χ3n) is 3.76. The molecule has 0 aromatic heterocycles. The van der Waals surface area contributed by atoms with Crippen LogP contribution in [0.1, 0.15) is 31.7 Å². The predicted molar refractivity (Wildman–Crippen MR) is 77.7 cm³/mol. The van der Waals surface area contributed by atoms with Crippen LogP contribution in [0.4, 0.5) is 0 Å². The van der Waals surface area contributed by atoms with Crippen molar-refractivity contribution >= 4 is 0 Å². The molecule has 0 bridgehead atoms. The number of nitriles is 1. The Balaban J connectivity index is 2.09. The fourth-order valence-electron chi connectivity index (χ4n) is 2.26. The summed E-state index contributed by atoms with van der Waals surface area (Å²) in [7, 11) is 1.64. The Labute approximate surface area is 120 Å². The first-order chi connectivity index (χ1) is 9.58. The van der Waals surface area contributed by atoms with Gasteiger partial charge in [-0.05, 0) is 37.8 Å². The van der Waals surface area contributed by atoms with Crippen molar-refractivity contribution in [3.8, 4) is 17.6 Å². The number of methoxy groups -OCH3 is 1. The summed E-state index contributed by atoms with van der Waals surface area (Å²) in [5, 5.41) is 8.85. The quantitative estimate of drug-likeness (QED) is 0.830. The SMILES string of the molecule is COc1ccc(CC(C)N)c(OCC2(CC#N)CC2)c1. The minimum absolute atomic E-state index is 0.0728. The normalized spacial score (nSPS) is 17.1. The second-order valence-corrected chi connectivity index (χ2v) is 5.78. The van der Waals surface area contributed by atoms with Crippen molar-refractivity contribution in [2.75, 3.05) is 13.7 Å². The number of benzene rings is 1. The summed E-state index contributed by atoms with van der Waals surface area (Å²) >= 11 is 0. The van der Waals surface area contributed by atoms with Crippen molar-refractivity contribution in [1.29, 1.82) is 5.26 Å². The molecule has 0 radical (unpaired) electrons. The van der Waals surface area contributed by atoms with E-state index in [0.717, 1.165) is 36.3 Å². The van der Waals surface area contributed by atoms with Crippen LogP contribution in [0.5, 0.6) is 11.5 Å². The van der Waals surface area contributed by atoms with E-state index in [1.807, 2.05) is 25.1 Å². The molecule has 108 valence electrons. The molecule has 20 heavy (non-hydrogen) atoms. The molecule has 1 aliphatic carbocycles. The maximum absolute atomic E-state index is 8.85. The van der Waals surface area contributed by atoms with Crippen LogP contribution < -0.4 is 15.2 Å². The molecule has 2 rings (SSSR count). The Morgan fingerprint density at radius 1 is 1.45 bits per heavy atom. The molecular weight excluding hydrogens is 252 g/mol. The Kier molecular flexibility index (Phi) is 4.51. The molecule has 4 heteroatoms. The van der Waals surface area contributed by atoms with E-state index in [1.165, 1.54) is 0 Å². The highest BCUT2D eigenvalue weighted by molar-refractivity contribution is 5.41. The van der Waals surface area contributed by atoms with Gasteiger partial charge in [-0.15, -0.1) is 0 Å². The molecule has 0 heterocycles. The zero-order valence-electron chi connectivity index (χ0n) is 12.2. The van der Waals surface area contributed by atoms with Crippen LogP contribution in [0, 0.1) is 16.7 Å². The molecule has 1 saturated carbocycles. The van der Waals surface area contributed by atoms with E-state index in [4.69, 9.17) is 20.5 Å². The smallest absolute Gasteiger partial charge is 0.126 e. The minimum Gasteiger partial charge on any atom is -0.497 e. The van der Waals surface area contributed by atoms with Gasteiger partial charge in [0.25, 0.3) is 0 Å². The summed E-state index contributed by atoms with van der Waals surface area (Å²) in [6.07, 6.45) is 3.49. The lowest BCUT2D eigenvalue weighted by molar-refractivity contribution is 0.233. The van der Waals surface area contributed by atoms with E-state index < -0.39 is 0 Å². The van der Waals surface area contributed by atoms with E-state index in [1.54, 1.807) is 7.11 Å². The van der Waals surface area contributed by atoms with E-state index in [9.17, 15) is 0 Å². The minimum atomic E-state index is 0.0728. The highest BCUT2D eigenvalue weighted by Crippen LogP contribution is 2.49. The lowest BCUT2D eigenvalue weighted by atomic mass is 10.0. The summed E-state index contributed by atoms with van der Waals surface area (Å²) in [6.45, 7) is 2.58. The van der Waals surface area contributed by atoms with Crippen LogP contribution in [-0.4, -0.2) is 19.8 Å². The van der Waals surface area contributed by atoms with Gasteiger partial charge in [0.2, 0.25) is 0 Å². The molecule has 1 aromatic rings. The van der Waals surface area contributed by atoms with Crippen LogP contribution in [0.3, 0.4) is 0 Å². The molecule has 0 saturated heterocycles. The molecule has 1 aliphatic rings. The van der Waals surface area contributed by atoms with Crippen molar-refractivity contribution in [3.05, 3.63) is 23.8 Å². The lowest BCUT2D eigenvalue weighted by Gasteiger charge is -2.17. The van der Waals surface area contributed by atoms with Gasteiger partial charge in [-0.1, -0.05) is 6.07 Å². The van der Waals surface area contributed by atoms with Gasteiger partial charge in [0, 0.05) is 23.9 Å². The second kappa shape index (κ2) is 6.15. The molecule has 4 nitrogen and oxygen atoms in total. The highest BCUT2D eigenvalue weighted by Gasteiger charge is 2.43. The summed E-state index contributed by atoms with van der Waals surface area (Å²) < 4.78 is 11.2. The lowest BCUT2D eigenvalue weighted by Crippen LogP contribution is -2.19. The molecule has 0 aliphatic heterocycles. The average Bonchev–Trinajstić information content (AvgIpc) is 3.18. The van der Waals surface area contributed by atoms with Gasteiger partial charge in [0.15, 0.2) is 0 Å². The number of hydrogen-bond acceptors (Lipinski definition) is 4. The number of nitrogens with two attached hydrogens (primary N) is 1. The highest BCUT2D eigenvalue weighted by atomic mass is 16.5. The van der Waals surface area contributed by atoms with Gasteiger partial charge in [-0.25, -0.2) is 0 Å². The largest absolute Gasteiger partial charge is 0.497 e. The first-order valence-electron chi connectivity index (χ1n) is 7.01. The first-order valence-corrected chi connectivity index (χ1v) is 7.01. The van der Waals surface area contributed by atoms with Gasteiger partial charge in [-0.2, -0.15) is 5.26 Å². The van der Waals surface area contributed by atoms with Crippen molar-refractivity contribution in [1.82, 2.24) is 0 Å². The molecule has 1 aromatic carbocycles. The number of hydrogen-bond donors (Lipinski definition) is 1. The van der Waals surface area contributed by atoms with E-state index in [-0.39, 0.29) is 11.5 Å². The predicted octanol–water partition coefficient (Wildman–Crippen LogP) is 2.66. The fraction of sp³-hybridized carbons (Fsp3) is 0.562. The zero-order chi connectivity index (χ0) is 14.6. The maximum Gasteiger partial charge on any atom is 0.126 e. The topological polar surface area (TPSA) is 68.3 Å².